The lowest BCUT2D eigenvalue weighted by Gasteiger charge is -2.34. The summed E-state index contributed by atoms with van der Waals surface area (Å²) < 4.78 is -3.46. The van der Waals surface area contributed by atoms with E-state index in [-0.39, 0.29) is 0 Å². The summed E-state index contributed by atoms with van der Waals surface area (Å²) in [5.74, 6) is 0. The Bertz CT molecular complexity index is 137. The van der Waals surface area contributed by atoms with E-state index >= 15 is 0 Å². The fourth-order valence-corrected chi connectivity index (χ4v) is 195. The molecule has 13 heavy (non-hydrogen) atoms. The summed E-state index contributed by atoms with van der Waals surface area (Å²) in [6.45, 7) is 0. The number of rotatable bonds is 3. The van der Waals surface area contributed by atoms with Crippen LogP contribution in [0.1, 0.15) is 0 Å². The van der Waals surface area contributed by atoms with Gasteiger partial charge in [-0.15, -0.1) is 0 Å². The highest BCUT2D eigenvalue weighted by Gasteiger charge is 2.58. The molecule has 0 saturated carbocycles. The van der Waals surface area contributed by atoms with Crippen LogP contribution in [0, 0.1) is 4.79 Å². The van der Waals surface area contributed by atoms with Crippen LogP contribution < -0.4 is 0 Å². The van der Waals surface area contributed by atoms with Gasteiger partial charge in [0.05, 0.1) is 0 Å². The van der Waals surface area contributed by atoms with E-state index in [0.29, 0.717) is 0 Å². The number of halogens is 9. The molecule has 0 unspecified atom stereocenters. The zero-order chi connectivity index (χ0) is 11.1. The summed E-state index contributed by atoms with van der Waals surface area (Å²) in [5, 5.41) is 0. The smallest absolute Gasteiger partial charge is 0.0908 e. The summed E-state index contributed by atoms with van der Waals surface area (Å²) >= 11 is 24.3. The van der Waals surface area contributed by atoms with Crippen molar-refractivity contribution < 1.29 is 0 Å². The van der Waals surface area contributed by atoms with Crippen LogP contribution in [0.4, 0.5) is 0 Å². The lowest BCUT2D eigenvalue weighted by molar-refractivity contribution is 2.30. The van der Waals surface area contributed by atoms with E-state index < -0.39 is 1.69 Å². The number of hydrogen-bond donors (Lipinski definition) is 0. The second-order valence-corrected chi connectivity index (χ2v) is 107. The van der Waals surface area contributed by atoms with Crippen LogP contribution in [0.3, 0.4) is 0 Å². The molecule has 12 heteroatoms. The van der Waals surface area contributed by atoms with E-state index in [1.54, 1.807) is 0 Å². The van der Waals surface area contributed by atoms with Crippen molar-refractivity contribution in [3.05, 3.63) is 4.79 Å². The van der Waals surface area contributed by atoms with E-state index in [1.807, 2.05) is 4.79 Å². The Balaban J connectivity index is 5.02. The third kappa shape index (κ3) is 8.96. The van der Waals surface area contributed by atoms with E-state index in [4.69, 9.17) is 0 Å². The molecule has 0 atom stereocenters. The van der Waals surface area contributed by atoms with Crippen molar-refractivity contribution in [1.82, 2.24) is 0 Å². The molecule has 0 saturated heterocycles. The minimum absolute atomic E-state index is 1.15. The van der Waals surface area contributed by atoms with Gasteiger partial charge in [0, 0.05) is 4.79 Å². The Labute approximate surface area is 196 Å². The van der Waals surface area contributed by atoms with Crippen molar-refractivity contribution in [1.29, 1.82) is 0 Å². The maximum Gasteiger partial charge on any atom is 0.259 e. The summed E-state index contributed by atoms with van der Waals surface area (Å²) in [5.41, 5.74) is 0. The molecule has 0 aliphatic rings. The molecule has 0 aromatic heterocycles. The van der Waals surface area contributed by atoms with Crippen molar-refractivity contribution >= 4 is 198 Å². The summed E-state index contributed by atoms with van der Waals surface area (Å²) in [7, 11) is 0. The van der Waals surface area contributed by atoms with Gasteiger partial charge in [0.2, 0.25) is 0 Å². The molecule has 0 nitrogen and oxygen atoms in total. The van der Waals surface area contributed by atoms with Crippen LogP contribution in [0.2, 0.25) is 0 Å². The van der Waals surface area contributed by atoms with Gasteiger partial charge in [-0.3, -0.25) is 0 Å². The first kappa shape index (κ1) is 20.2. The highest BCUT2D eigenvalue weighted by Crippen LogP contribution is 2.59. The lowest BCUT2D eigenvalue weighted by atomic mass is 11.8. The zero-order valence-corrected chi connectivity index (χ0v) is 27.8. The van der Waals surface area contributed by atoms with Crippen molar-refractivity contribution in [2.45, 2.75) is 0 Å². The molecule has 79 valence electrons. The highest BCUT2D eigenvalue weighted by atomic mass is 127. The first-order valence-electron chi connectivity index (χ1n) is 2.45. The van der Waals surface area contributed by atoms with Gasteiger partial charge in [0.25, 0.3) is 1.69 Å². The zero-order valence-electron chi connectivity index (χ0n) is 5.40. The standard InChI is InChI=1S/CI9Si3/c2-11(3,4)1(12(5,6)7)13(8,9)10. The van der Waals surface area contributed by atoms with Crippen molar-refractivity contribution in [2.24, 2.45) is 0 Å². The number of hydrogen-bond acceptors (Lipinski definition) is 0. The van der Waals surface area contributed by atoms with Gasteiger partial charge in [-0.25, -0.2) is 0 Å². The Hall–Kier alpha value is 7.22. The Kier molecular flexibility index (Phi) is 12.5. The van der Waals surface area contributed by atoms with Gasteiger partial charge in [-0.1, -0.05) is 196 Å². The van der Waals surface area contributed by atoms with Gasteiger partial charge in [0.15, 0.2) is 0 Å². The maximum atomic E-state index is 2.70. The largest absolute Gasteiger partial charge is 0.259 e. The molecule has 0 fully saturated rings. The van der Waals surface area contributed by atoms with Crippen LogP contribution in [0.5, 0.6) is 0 Å². The Morgan fingerprint density at radius 1 is 0.462 bits per heavy atom. The van der Waals surface area contributed by atoms with Crippen LogP contribution in [0.25, 0.3) is 0 Å². The molecular weight excluding hydrogens is 1240 g/mol. The SMILES string of the molecule is I[Si](I)(I)[C]([Si](I)(I)I)[Si](I)(I)I. The first-order valence-corrected chi connectivity index (χ1v) is 36.5. The average Bonchev–Trinajstić information content (AvgIpc) is 1.44. The first-order chi connectivity index (χ1) is 5.37. The second-order valence-electron chi connectivity index (χ2n) is 1.87. The normalized spacial score (nSPS) is 15.2. The van der Waals surface area contributed by atoms with Gasteiger partial charge >= 0.3 is 0 Å². The minimum Gasteiger partial charge on any atom is -0.0908 e. The monoisotopic (exact) mass is 1240 g/mol. The van der Waals surface area contributed by atoms with Gasteiger partial charge in [0.1, 0.15) is 0 Å². The van der Waals surface area contributed by atoms with Crippen molar-refractivity contribution in [3.63, 3.8) is 0 Å². The molecule has 0 bridgehead atoms. The summed E-state index contributed by atoms with van der Waals surface area (Å²) in [4.78, 5) is 1.94. The molecule has 0 rings (SSSR count). The van der Waals surface area contributed by atoms with Gasteiger partial charge < -0.3 is 0 Å². The predicted octanol–water partition coefficient (Wildman–Crippen LogP) is 6.91. The van der Waals surface area contributed by atoms with Crippen molar-refractivity contribution in [3.8, 4) is 0 Å². The van der Waals surface area contributed by atoms with Gasteiger partial charge in [-0.05, 0) is 0 Å². The minimum atomic E-state index is -1.15. The Morgan fingerprint density at radius 3 is 0.615 bits per heavy atom. The van der Waals surface area contributed by atoms with E-state index in [1.165, 1.54) is 0 Å². The molecule has 0 spiro atoms. The van der Waals surface area contributed by atoms with Crippen LogP contribution in [0.15, 0.2) is 0 Å². The molecule has 0 N–H and O–H groups in total. The van der Waals surface area contributed by atoms with E-state index in [2.05, 4.69) is 196 Å². The molecule has 0 aromatic carbocycles. The summed E-state index contributed by atoms with van der Waals surface area (Å²) in [6, 6.07) is 0. The van der Waals surface area contributed by atoms with Crippen molar-refractivity contribution in [2.75, 3.05) is 0 Å². The van der Waals surface area contributed by atoms with E-state index in [9.17, 15) is 0 Å². The molecule has 0 heterocycles. The lowest BCUT2D eigenvalue weighted by Crippen LogP contribution is -2.46. The molecule has 0 aliphatic heterocycles. The van der Waals surface area contributed by atoms with Crippen LogP contribution >= 0.6 is 196 Å². The molecular formula is CI9Si3. The maximum absolute atomic E-state index is 2.70. The predicted molar refractivity (Wildman–Crippen MR) is 147 cm³/mol. The third-order valence-electron chi connectivity index (χ3n) is 0.850. The fourth-order valence-electron chi connectivity index (χ4n) is 0.482. The molecule has 0 aromatic rings. The topological polar surface area (TPSA) is 0 Å². The van der Waals surface area contributed by atoms with Gasteiger partial charge in [-0.2, -0.15) is 0 Å². The molecule has 1 radical (unpaired) electrons. The van der Waals surface area contributed by atoms with Crippen LogP contribution in [-0.4, -0.2) is 1.69 Å². The highest BCUT2D eigenvalue weighted by molar-refractivity contribution is 14.4. The summed E-state index contributed by atoms with van der Waals surface area (Å²) in [6.07, 6.45) is 0. The second kappa shape index (κ2) is 8.01. The fraction of sp³-hybridized carbons (Fsp3) is 0. The van der Waals surface area contributed by atoms with E-state index in [0.717, 1.165) is 0 Å². The average molecular weight is 1240 g/mol. The van der Waals surface area contributed by atoms with Crippen LogP contribution in [-0.2, 0) is 0 Å². The Morgan fingerprint density at radius 2 is 0.615 bits per heavy atom. The third-order valence-corrected chi connectivity index (χ3v) is 51.3. The quantitative estimate of drug-likeness (QED) is 0.164. The molecule has 0 amide bonds. The molecule has 0 aliphatic carbocycles.